The molecule has 118 valence electrons. The largest absolute Gasteiger partial charge is 0.465 e. The maximum atomic E-state index is 11.4. The molecule has 0 aliphatic rings. The molecular formula is C14H24Br2O4. The molecule has 0 spiro atoms. The highest BCUT2D eigenvalue weighted by Crippen LogP contribution is 2.16. The molecule has 0 fully saturated rings. The van der Waals surface area contributed by atoms with Crippen LogP contribution >= 0.6 is 31.9 Å². The number of hydrogen-bond acceptors (Lipinski definition) is 4. The summed E-state index contributed by atoms with van der Waals surface area (Å²) in [6, 6.07) is 0. The van der Waals surface area contributed by atoms with Crippen LogP contribution in [0.15, 0.2) is 0 Å². The maximum absolute atomic E-state index is 11.4. The summed E-state index contributed by atoms with van der Waals surface area (Å²) < 4.78 is 9.84. The van der Waals surface area contributed by atoms with Crippen LogP contribution in [0.2, 0.25) is 0 Å². The number of unbranched alkanes of at least 4 members (excludes halogenated alkanes) is 3. The van der Waals surface area contributed by atoms with E-state index in [1.807, 2.05) is 0 Å². The number of hydrogen-bond donors (Lipinski definition) is 0. The Morgan fingerprint density at radius 2 is 1.15 bits per heavy atom. The molecule has 0 unspecified atom stereocenters. The summed E-state index contributed by atoms with van der Waals surface area (Å²) in [5.41, 5.74) is 0. The van der Waals surface area contributed by atoms with E-state index < -0.39 is 0 Å². The molecule has 0 heterocycles. The first kappa shape index (κ1) is 19.9. The summed E-state index contributed by atoms with van der Waals surface area (Å²) in [7, 11) is 0. The molecule has 0 bridgehead atoms. The number of alkyl halides is 2. The fourth-order valence-electron chi connectivity index (χ4n) is 1.70. The van der Waals surface area contributed by atoms with Gasteiger partial charge in [0.15, 0.2) is 0 Å². The van der Waals surface area contributed by atoms with Crippen LogP contribution in [-0.4, -0.2) is 34.8 Å². The third-order valence-electron chi connectivity index (χ3n) is 2.75. The minimum atomic E-state index is -0.203. The molecule has 0 amide bonds. The van der Waals surface area contributed by atoms with Gasteiger partial charge >= 0.3 is 11.9 Å². The monoisotopic (exact) mass is 414 g/mol. The second-order valence-corrected chi connectivity index (χ2v) is 6.64. The Morgan fingerprint density at radius 3 is 1.45 bits per heavy atom. The van der Waals surface area contributed by atoms with Gasteiger partial charge in [0.05, 0.1) is 13.2 Å². The Kier molecular flexibility index (Phi) is 12.6. The Balaban J connectivity index is 3.53. The van der Waals surface area contributed by atoms with E-state index in [-0.39, 0.29) is 21.6 Å². The highest BCUT2D eigenvalue weighted by atomic mass is 79.9. The summed E-state index contributed by atoms with van der Waals surface area (Å²) in [5, 5.41) is 0. The van der Waals surface area contributed by atoms with E-state index in [0.29, 0.717) is 13.2 Å². The van der Waals surface area contributed by atoms with Gasteiger partial charge in [0, 0.05) is 0 Å². The zero-order valence-electron chi connectivity index (χ0n) is 12.2. The lowest BCUT2D eigenvalue weighted by Crippen LogP contribution is -2.17. The van der Waals surface area contributed by atoms with E-state index in [4.69, 9.17) is 9.47 Å². The van der Waals surface area contributed by atoms with Gasteiger partial charge in [-0.1, -0.05) is 57.5 Å². The predicted octanol–water partition coefficient (Wildman–Crippen LogP) is 3.98. The molecular weight excluding hydrogens is 392 g/mol. The summed E-state index contributed by atoms with van der Waals surface area (Å²) in [6.45, 7) is 4.44. The number of rotatable bonds is 11. The van der Waals surface area contributed by atoms with Crippen LogP contribution in [0, 0.1) is 0 Å². The van der Waals surface area contributed by atoms with Crippen LogP contribution < -0.4 is 0 Å². The standard InChI is InChI=1S/C14H24Br2O4/c1-3-19-13(17)11(15)9-7-5-6-8-10-12(16)14(18)20-4-2/h11-12H,3-10H2,1-2H3/t11-,12-/m1/s1. The van der Waals surface area contributed by atoms with Crippen LogP contribution in [0.3, 0.4) is 0 Å². The highest BCUT2D eigenvalue weighted by molar-refractivity contribution is 9.10. The Hall–Kier alpha value is -0.100. The van der Waals surface area contributed by atoms with Crippen molar-refractivity contribution in [2.75, 3.05) is 13.2 Å². The zero-order valence-corrected chi connectivity index (χ0v) is 15.4. The van der Waals surface area contributed by atoms with E-state index in [0.717, 1.165) is 38.5 Å². The SMILES string of the molecule is CCOC(=O)[C@H](Br)CCCCCC[C@@H](Br)C(=O)OCC. The Bertz CT molecular complexity index is 256. The first-order chi connectivity index (χ1) is 9.52. The zero-order chi connectivity index (χ0) is 15.4. The second-order valence-electron chi connectivity index (χ2n) is 4.43. The van der Waals surface area contributed by atoms with Gasteiger partial charge in [0.25, 0.3) is 0 Å². The lowest BCUT2D eigenvalue weighted by Gasteiger charge is -2.10. The van der Waals surface area contributed by atoms with E-state index in [2.05, 4.69) is 31.9 Å². The molecule has 4 nitrogen and oxygen atoms in total. The van der Waals surface area contributed by atoms with Gasteiger partial charge in [0.1, 0.15) is 9.65 Å². The molecule has 0 radical (unpaired) electrons. The lowest BCUT2D eigenvalue weighted by atomic mass is 10.1. The number of carbonyl (C=O) groups excluding carboxylic acids is 2. The van der Waals surface area contributed by atoms with Gasteiger partial charge in [-0.15, -0.1) is 0 Å². The lowest BCUT2D eigenvalue weighted by molar-refractivity contribution is -0.143. The fraction of sp³-hybridized carbons (Fsp3) is 0.857. The molecule has 2 atom stereocenters. The minimum absolute atomic E-state index is 0.185. The second kappa shape index (κ2) is 12.6. The molecule has 0 aliphatic heterocycles. The van der Waals surface area contributed by atoms with E-state index >= 15 is 0 Å². The van der Waals surface area contributed by atoms with Gasteiger partial charge in [-0.05, 0) is 26.7 Å². The van der Waals surface area contributed by atoms with Crippen molar-refractivity contribution in [3.05, 3.63) is 0 Å². The molecule has 0 aliphatic carbocycles. The molecule has 0 rings (SSSR count). The first-order valence-electron chi connectivity index (χ1n) is 7.14. The van der Waals surface area contributed by atoms with E-state index in [1.54, 1.807) is 13.8 Å². The van der Waals surface area contributed by atoms with Gasteiger partial charge in [-0.25, -0.2) is 0 Å². The molecule has 6 heteroatoms. The van der Waals surface area contributed by atoms with Crippen LogP contribution in [0.1, 0.15) is 52.4 Å². The van der Waals surface area contributed by atoms with Crippen molar-refractivity contribution in [1.29, 1.82) is 0 Å². The predicted molar refractivity (Wildman–Crippen MR) is 86.4 cm³/mol. The molecule has 0 aromatic rings. The van der Waals surface area contributed by atoms with Gasteiger partial charge in [-0.3, -0.25) is 9.59 Å². The number of carbonyl (C=O) groups is 2. The number of halogens is 2. The van der Waals surface area contributed by atoms with Crippen molar-refractivity contribution in [3.8, 4) is 0 Å². The quantitative estimate of drug-likeness (QED) is 0.291. The molecule has 0 saturated heterocycles. The van der Waals surface area contributed by atoms with Crippen molar-refractivity contribution in [1.82, 2.24) is 0 Å². The molecule has 0 N–H and O–H groups in total. The summed E-state index contributed by atoms with van der Waals surface area (Å²) in [4.78, 5) is 22.3. The fourth-order valence-corrected chi connectivity index (χ4v) is 2.61. The smallest absolute Gasteiger partial charge is 0.319 e. The van der Waals surface area contributed by atoms with Gasteiger partial charge in [0.2, 0.25) is 0 Å². The average Bonchev–Trinajstić information content (AvgIpc) is 2.42. The molecule has 0 saturated carbocycles. The van der Waals surface area contributed by atoms with Crippen molar-refractivity contribution in [2.24, 2.45) is 0 Å². The summed E-state index contributed by atoms with van der Waals surface area (Å²) >= 11 is 6.66. The van der Waals surface area contributed by atoms with Crippen LogP contribution in [0.25, 0.3) is 0 Å². The maximum Gasteiger partial charge on any atom is 0.319 e. The first-order valence-corrected chi connectivity index (χ1v) is 8.97. The van der Waals surface area contributed by atoms with Crippen LogP contribution in [-0.2, 0) is 19.1 Å². The minimum Gasteiger partial charge on any atom is -0.465 e. The third-order valence-corrected chi connectivity index (χ3v) is 4.41. The summed E-state index contributed by atoms with van der Waals surface area (Å²) in [5.74, 6) is -0.370. The van der Waals surface area contributed by atoms with Crippen LogP contribution in [0.5, 0.6) is 0 Å². The normalized spacial score (nSPS) is 13.6. The van der Waals surface area contributed by atoms with Gasteiger partial charge < -0.3 is 9.47 Å². The van der Waals surface area contributed by atoms with E-state index in [1.165, 1.54) is 0 Å². The topological polar surface area (TPSA) is 52.6 Å². The van der Waals surface area contributed by atoms with Crippen molar-refractivity contribution >= 4 is 43.8 Å². The Labute approximate surface area is 138 Å². The third kappa shape index (κ3) is 9.75. The molecule has 0 aromatic carbocycles. The van der Waals surface area contributed by atoms with Crippen molar-refractivity contribution in [2.45, 2.75) is 62.0 Å². The molecule has 20 heavy (non-hydrogen) atoms. The number of ether oxygens (including phenoxy) is 2. The average molecular weight is 416 g/mol. The van der Waals surface area contributed by atoms with Gasteiger partial charge in [-0.2, -0.15) is 0 Å². The number of esters is 2. The van der Waals surface area contributed by atoms with Crippen LogP contribution in [0.4, 0.5) is 0 Å². The van der Waals surface area contributed by atoms with E-state index in [9.17, 15) is 9.59 Å². The Morgan fingerprint density at radius 1 is 0.800 bits per heavy atom. The van der Waals surface area contributed by atoms with Crippen molar-refractivity contribution < 1.29 is 19.1 Å². The summed E-state index contributed by atoms with van der Waals surface area (Å²) in [6.07, 6.45) is 5.61. The van der Waals surface area contributed by atoms with Crippen molar-refractivity contribution in [3.63, 3.8) is 0 Å². The highest BCUT2D eigenvalue weighted by Gasteiger charge is 2.16. The molecule has 0 aromatic heterocycles.